The highest BCUT2D eigenvalue weighted by Crippen LogP contribution is 2.26. The van der Waals surface area contributed by atoms with E-state index in [0.717, 1.165) is 20.5 Å². The molecule has 3 aromatic rings. The van der Waals surface area contributed by atoms with Crippen LogP contribution in [0, 0.1) is 11.6 Å². The molecule has 3 nitrogen and oxygen atoms in total. The SMILES string of the molecule is O=C(NCCc1ccc(F)cc1)NCc1cc2cc(F)ccc2s1. The summed E-state index contributed by atoms with van der Waals surface area (Å²) in [4.78, 5) is 12.8. The lowest BCUT2D eigenvalue weighted by molar-refractivity contribution is 0.240. The zero-order valence-electron chi connectivity index (χ0n) is 12.8. The normalized spacial score (nSPS) is 10.8. The molecule has 0 atom stereocenters. The van der Waals surface area contributed by atoms with Gasteiger partial charge in [-0.2, -0.15) is 0 Å². The average molecular weight is 346 g/mol. The molecule has 0 aliphatic rings. The van der Waals surface area contributed by atoms with Crippen LogP contribution in [0.2, 0.25) is 0 Å². The first-order valence-electron chi connectivity index (χ1n) is 7.54. The fraction of sp³-hybridized carbons (Fsp3) is 0.167. The third-order valence-corrected chi connectivity index (χ3v) is 4.68. The monoisotopic (exact) mass is 346 g/mol. The maximum absolute atomic E-state index is 13.2. The molecule has 3 rings (SSSR count). The Labute approximate surface area is 142 Å². The summed E-state index contributed by atoms with van der Waals surface area (Å²) in [5, 5.41) is 6.38. The Morgan fingerprint density at radius 2 is 1.71 bits per heavy atom. The number of amides is 2. The molecule has 0 radical (unpaired) electrons. The second-order valence-corrected chi connectivity index (χ2v) is 6.55. The predicted molar refractivity (Wildman–Crippen MR) is 92.1 cm³/mol. The third-order valence-electron chi connectivity index (χ3n) is 3.57. The van der Waals surface area contributed by atoms with Crippen LogP contribution < -0.4 is 10.6 Å². The molecule has 1 aromatic heterocycles. The van der Waals surface area contributed by atoms with Gasteiger partial charge in [0.15, 0.2) is 0 Å². The van der Waals surface area contributed by atoms with E-state index < -0.39 is 0 Å². The van der Waals surface area contributed by atoms with Gasteiger partial charge in [0.2, 0.25) is 0 Å². The molecule has 0 saturated heterocycles. The Morgan fingerprint density at radius 3 is 2.50 bits per heavy atom. The van der Waals surface area contributed by atoms with Crippen molar-refractivity contribution in [2.75, 3.05) is 6.54 Å². The summed E-state index contributed by atoms with van der Waals surface area (Å²) < 4.78 is 27.0. The molecule has 0 saturated carbocycles. The van der Waals surface area contributed by atoms with Crippen molar-refractivity contribution in [2.24, 2.45) is 0 Å². The molecule has 0 fully saturated rings. The second kappa shape index (κ2) is 7.40. The number of benzene rings is 2. The fourth-order valence-corrected chi connectivity index (χ4v) is 3.34. The third kappa shape index (κ3) is 4.29. The van der Waals surface area contributed by atoms with Gasteiger partial charge in [0.25, 0.3) is 0 Å². The minimum absolute atomic E-state index is 0.263. The highest BCUT2D eigenvalue weighted by molar-refractivity contribution is 7.19. The molecule has 0 aliphatic heterocycles. The van der Waals surface area contributed by atoms with Gasteiger partial charge in [-0.25, -0.2) is 13.6 Å². The van der Waals surface area contributed by atoms with Crippen molar-refractivity contribution < 1.29 is 13.6 Å². The molecular weight excluding hydrogens is 330 g/mol. The quantitative estimate of drug-likeness (QED) is 0.713. The van der Waals surface area contributed by atoms with Gasteiger partial charge in [-0.15, -0.1) is 11.3 Å². The number of halogens is 2. The maximum Gasteiger partial charge on any atom is 0.315 e. The molecule has 0 spiro atoms. The van der Waals surface area contributed by atoms with Crippen molar-refractivity contribution in [3.63, 3.8) is 0 Å². The first-order chi connectivity index (χ1) is 11.6. The Balaban J connectivity index is 1.45. The van der Waals surface area contributed by atoms with Gasteiger partial charge in [0, 0.05) is 16.1 Å². The van der Waals surface area contributed by atoms with Crippen LogP contribution in [-0.2, 0) is 13.0 Å². The molecular formula is C18H16F2N2OS. The summed E-state index contributed by atoms with van der Waals surface area (Å²) in [7, 11) is 0. The average Bonchev–Trinajstić information content (AvgIpc) is 2.97. The summed E-state index contributed by atoms with van der Waals surface area (Å²) in [6, 6.07) is 12.5. The zero-order chi connectivity index (χ0) is 16.9. The molecule has 1 heterocycles. The zero-order valence-corrected chi connectivity index (χ0v) is 13.6. The van der Waals surface area contributed by atoms with E-state index in [1.807, 2.05) is 6.07 Å². The van der Waals surface area contributed by atoms with Crippen molar-refractivity contribution >= 4 is 27.5 Å². The van der Waals surface area contributed by atoms with Gasteiger partial charge >= 0.3 is 6.03 Å². The maximum atomic E-state index is 13.2. The molecule has 0 unspecified atom stereocenters. The standard InChI is InChI=1S/C18H16F2N2OS/c19-14-3-1-12(2-4-14)7-8-21-18(23)22-11-16-10-13-9-15(20)5-6-17(13)24-16/h1-6,9-10H,7-8,11H2,(H2,21,22,23). The van der Waals surface area contributed by atoms with Crippen LogP contribution in [-0.4, -0.2) is 12.6 Å². The van der Waals surface area contributed by atoms with Crippen LogP contribution >= 0.6 is 11.3 Å². The number of carbonyl (C=O) groups is 1. The number of carbonyl (C=O) groups excluding carboxylic acids is 1. The Kier molecular flexibility index (Phi) is 5.05. The molecule has 2 aromatic carbocycles. The summed E-state index contributed by atoms with van der Waals surface area (Å²) >= 11 is 1.53. The van der Waals surface area contributed by atoms with Crippen molar-refractivity contribution in [1.82, 2.24) is 10.6 Å². The molecule has 124 valence electrons. The van der Waals surface area contributed by atoms with E-state index in [2.05, 4.69) is 10.6 Å². The van der Waals surface area contributed by atoms with Gasteiger partial charge in [-0.3, -0.25) is 0 Å². The minimum atomic E-state index is -0.271. The minimum Gasteiger partial charge on any atom is -0.338 e. The van der Waals surface area contributed by atoms with E-state index in [9.17, 15) is 13.6 Å². The van der Waals surface area contributed by atoms with Crippen LogP contribution in [0.5, 0.6) is 0 Å². The predicted octanol–water partition coefficient (Wildman–Crippen LogP) is 4.22. The fourth-order valence-electron chi connectivity index (χ4n) is 2.36. The van der Waals surface area contributed by atoms with Crippen LogP contribution in [0.25, 0.3) is 10.1 Å². The van der Waals surface area contributed by atoms with Crippen LogP contribution in [0.4, 0.5) is 13.6 Å². The lowest BCUT2D eigenvalue weighted by Crippen LogP contribution is -2.36. The molecule has 0 bridgehead atoms. The van der Waals surface area contributed by atoms with Crippen LogP contribution in [0.1, 0.15) is 10.4 Å². The number of nitrogens with one attached hydrogen (secondary N) is 2. The van der Waals surface area contributed by atoms with Gasteiger partial charge in [0.1, 0.15) is 11.6 Å². The van der Waals surface area contributed by atoms with Gasteiger partial charge in [-0.05, 0) is 53.8 Å². The second-order valence-electron chi connectivity index (χ2n) is 5.38. The van der Waals surface area contributed by atoms with E-state index in [4.69, 9.17) is 0 Å². The van der Waals surface area contributed by atoms with E-state index in [1.54, 1.807) is 18.2 Å². The number of urea groups is 1. The summed E-state index contributed by atoms with van der Waals surface area (Å²) in [5.74, 6) is -0.536. The van der Waals surface area contributed by atoms with Gasteiger partial charge < -0.3 is 10.6 Å². The molecule has 2 N–H and O–H groups in total. The smallest absolute Gasteiger partial charge is 0.315 e. The van der Waals surface area contributed by atoms with E-state index in [-0.39, 0.29) is 17.7 Å². The first kappa shape index (κ1) is 16.4. The Morgan fingerprint density at radius 1 is 0.958 bits per heavy atom. The number of fused-ring (bicyclic) bond motifs is 1. The van der Waals surface area contributed by atoms with Crippen molar-refractivity contribution in [3.8, 4) is 0 Å². The van der Waals surface area contributed by atoms with Gasteiger partial charge in [-0.1, -0.05) is 12.1 Å². The number of hydrogen-bond acceptors (Lipinski definition) is 2. The topological polar surface area (TPSA) is 41.1 Å². The molecule has 6 heteroatoms. The van der Waals surface area contributed by atoms with Crippen molar-refractivity contribution in [1.29, 1.82) is 0 Å². The van der Waals surface area contributed by atoms with Crippen molar-refractivity contribution in [2.45, 2.75) is 13.0 Å². The van der Waals surface area contributed by atoms with Crippen molar-refractivity contribution in [3.05, 3.63) is 70.6 Å². The van der Waals surface area contributed by atoms with E-state index in [0.29, 0.717) is 19.5 Å². The number of rotatable bonds is 5. The molecule has 24 heavy (non-hydrogen) atoms. The summed E-state index contributed by atoms with van der Waals surface area (Å²) in [6.07, 6.45) is 0.635. The van der Waals surface area contributed by atoms with Crippen LogP contribution in [0.15, 0.2) is 48.5 Å². The number of thiophene rings is 1. The highest BCUT2D eigenvalue weighted by atomic mass is 32.1. The highest BCUT2D eigenvalue weighted by Gasteiger charge is 2.05. The Hall–Kier alpha value is -2.47. The van der Waals surface area contributed by atoms with Gasteiger partial charge in [0.05, 0.1) is 6.54 Å². The first-order valence-corrected chi connectivity index (χ1v) is 8.36. The lowest BCUT2D eigenvalue weighted by Gasteiger charge is -2.06. The lowest BCUT2D eigenvalue weighted by atomic mass is 10.1. The molecule has 0 aliphatic carbocycles. The Bertz CT molecular complexity index is 846. The van der Waals surface area contributed by atoms with E-state index >= 15 is 0 Å². The number of hydrogen-bond donors (Lipinski definition) is 2. The summed E-state index contributed by atoms with van der Waals surface area (Å²) in [5.41, 5.74) is 0.961. The van der Waals surface area contributed by atoms with Crippen LogP contribution in [0.3, 0.4) is 0 Å². The largest absolute Gasteiger partial charge is 0.338 e. The van der Waals surface area contributed by atoms with E-state index in [1.165, 1.54) is 35.6 Å². The molecule has 2 amide bonds. The summed E-state index contributed by atoms with van der Waals surface area (Å²) in [6.45, 7) is 0.860.